The zero-order valence-electron chi connectivity index (χ0n) is 19.0. The molecule has 2 aromatic carbocycles. The first-order valence-corrected chi connectivity index (χ1v) is 11.6. The monoisotopic (exact) mass is 433 g/mol. The van der Waals surface area contributed by atoms with Crippen LogP contribution < -0.4 is 4.74 Å². The van der Waals surface area contributed by atoms with Crippen LogP contribution in [0, 0.1) is 0 Å². The second-order valence-electron chi connectivity index (χ2n) is 8.93. The Morgan fingerprint density at radius 2 is 1.78 bits per heavy atom. The molecule has 0 aromatic heterocycles. The van der Waals surface area contributed by atoms with Crippen LogP contribution in [0.3, 0.4) is 0 Å². The third kappa shape index (κ3) is 4.16. The molecule has 1 unspecified atom stereocenters. The van der Waals surface area contributed by atoms with Crippen molar-refractivity contribution in [2.75, 3.05) is 0 Å². The molecule has 168 valence electrons. The summed E-state index contributed by atoms with van der Waals surface area (Å²) in [6.07, 6.45) is 4.75. The first-order valence-electron chi connectivity index (χ1n) is 11.6. The molecule has 2 aromatic rings. The van der Waals surface area contributed by atoms with E-state index in [0.717, 1.165) is 37.7 Å². The molecule has 4 rings (SSSR count). The van der Waals surface area contributed by atoms with E-state index in [1.807, 2.05) is 44.2 Å². The van der Waals surface area contributed by atoms with Crippen LogP contribution >= 0.6 is 0 Å². The second kappa shape index (κ2) is 9.19. The van der Waals surface area contributed by atoms with Gasteiger partial charge in [0.25, 0.3) is 11.7 Å². The summed E-state index contributed by atoms with van der Waals surface area (Å²) in [4.78, 5) is 28.1. The summed E-state index contributed by atoms with van der Waals surface area (Å²) >= 11 is 0. The van der Waals surface area contributed by atoms with Gasteiger partial charge in [0.15, 0.2) is 0 Å². The van der Waals surface area contributed by atoms with Crippen LogP contribution in [0.1, 0.15) is 69.2 Å². The van der Waals surface area contributed by atoms with Gasteiger partial charge < -0.3 is 14.7 Å². The Hall–Kier alpha value is -3.08. The van der Waals surface area contributed by atoms with Gasteiger partial charge >= 0.3 is 0 Å². The molecule has 1 aliphatic heterocycles. The standard InChI is InChI=1S/C27H31NO4/c1-4-18-12-14-19(15-13-18)24-23(26(30)27(31)28(24)21-9-5-6-10-21)25(29)20-8-7-11-22(16-20)32-17(2)3/h7-8,11-17,21,24,29H,4-6,9-10H2,1-3H3/b25-23-. The lowest BCUT2D eigenvalue weighted by Gasteiger charge is -2.30. The van der Waals surface area contributed by atoms with Crippen LogP contribution in [0.25, 0.3) is 5.76 Å². The van der Waals surface area contributed by atoms with E-state index in [9.17, 15) is 14.7 Å². The summed E-state index contributed by atoms with van der Waals surface area (Å²) in [5.74, 6) is -0.674. The normalized spacial score (nSPS) is 21.0. The van der Waals surface area contributed by atoms with Crippen molar-refractivity contribution in [2.45, 2.75) is 71.1 Å². The molecule has 1 atom stereocenters. The van der Waals surface area contributed by atoms with Crippen molar-refractivity contribution < 1.29 is 19.4 Å². The predicted octanol–water partition coefficient (Wildman–Crippen LogP) is 5.40. The number of aliphatic hydroxyl groups excluding tert-OH is 1. The smallest absolute Gasteiger partial charge is 0.295 e. The first-order chi connectivity index (χ1) is 15.4. The topological polar surface area (TPSA) is 66.8 Å². The number of likely N-dealkylation sites (tertiary alicyclic amines) is 1. The molecule has 32 heavy (non-hydrogen) atoms. The highest BCUT2D eigenvalue weighted by Crippen LogP contribution is 2.43. The Labute approximate surface area is 189 Å². The molecule has 5 heteroatoms. The van der Waals surface area contributed by atoms with Gasteiger partial charge in [-0.1, -0.05) is 56.2 Å². The summed E-state index contributed by atoms with van der Waals surface area (Å²) < 4.78 is 5.76. The van der Waals surface area contributed by atoms with Gasteiger partial charge in [0, 0.05) is 11.6 Å². The number of amides is 1. The summed E-state index contributed by atoms with van der Waals surface area (Å²) in [5.41, 5.74) is 2.67. The third-order valence-electron chi connectivity index (χ3n) is 6.38. The lowest BCUT2D eigenvalue weighted by atomic mass is 9.93. The van der Waals surface area contributed by atoms with Crippen molar-refractivity contribution in [3.63, 3.8) is 0 Å². The van der Waals surface area contributed by atoms with E-state index in [0.29, 0.717) is 11.3 Å². The zero-order valence-corrected chi connectivity index (χ0v) is 19.0. The van der Waals surface area contributed by atoms with Crippen LogP contribution in [-0.4, -0.2) is 33.8 Å². The largest absolute Gasteiger partial charge is 0.507 e. The molecule has 5 nitrogen and oxygen atoms in total. The fourth-order valence-corrected chi connectivity index (χ4v) is 4.82. The van der Waals surface area contributed by atoms with Gasteiger partial charge in [-0.15, -0.1) is 0 Å². The van der Waals surface area contributed by atoms with Crippen LogP contribution in [0.5, 0.6) is 5.75 Å². The number of benzene rings is 2. The van der Waals surface area contributed by atoms with Crippen LogP contribution in [-0.2, 0) is 16.0 Å². The number of ketones is 1. The van der Waals surface area contributed by atoms with Crippen LogP contribution in [0.4, 0.5) is 0 Å². The van der Waals surface area contributed by atoms with Gasteiger partial charge in [-0.3, -0.25) is 9.59 Å². The third-order valence-corrected chi connectivity index (χ3v) is 6.38. The fraction of sp³-hybridized carbons (Fsp3) is 0.407. The number of carbonyl (C=O) groups excluding carboxylic acids is 2. The molecule has 0 bridgehead atoms. The number of ether oxygens (including phenoxy) is 1. The molecule has 0 radical (unpaired) electrons. The summed E-state index contributed by atoms with van der Waals surface area (Å²) in [6.45, 7) is 5.95. The summed E-state index contributed by atoms with van der Waals surface area (Å²) in [6, 6.07) is 14.5. The minimum absolute atomic E-state index is 0.0163. The molecule has 1 heterocycles. The molecule has 2 fully saturated rings. The highest BCUT2D eigenvalue weighted by molar-refractivity contribution is 6.46. The van der Waals surface area contributed by atoms with Crippen molar-refractivity contribution in [1.29, 1.82) is 0 Å². The number of aryl methyl sites for hydroxylation is 1. The van der Waals surface area contributed by atoms with Crippen molar-refractivity contribution >= 4 is 17.4 Å². The summed E-state index contributed by atoms with van der Waals surface area (Å²) in [5, 5.41) is 11.3. The van der Waals surface area contributed by atoms with E-state index < -0.39 is 17.7 Å². The van der Waals surface area contributed by atoms with Crippen LogP contribution in [0.15, 0.2) is 54.1 Å². The molecule has 1 N–H and O–H groups in total. The van der Waals surface area contributed by atoms with E-state index in [4.69, 9.17) is 4.74 Å². The lowest BCUT2D eigenvalue weighted by molar-refractivity contribution is -0.141. The van der Waals surface area contributed by atoms with Crippen molar-refractivity contribution in [2.24, 2.45) is 0 Å². The minimum Gasteiger partial charge on any atom is -0.507 e. The second-order valence-corrected chi connectivity index (χ2v) is 8.93. The average Bonchev–Trinajstić information content (AvgIpc) is 3.40. The highest BCUT2D eigenvalue weighted by Gasteiger charge is 2.49. The first kappa shape index (κ1) is 22.1. The van der Waals surface area contributed by atoms with Gasteiger partial charge in [-0.2, -0.15) is 0 Å². The van der Waals surface area contributed by atoms with Crippen molar-refractivity contribution in [1.82, 2.24) is 4.90 Å². The Morgan fingerprint density at radius 3 is 2.41 bits per heavy atom. The van der Waals surface area contributed by atoms with E-state index in [2.05, 4.69) is 6.92 Å². The van der Waals surface area contributed by atoms with E-state index in [1.165, 1.54) is 5.56 Å². The van der Waals surface area contributed by atoms with Gasteiger partial charge in [0.2, 0.25) is 0 Å². The van der Waals surface area contributed by atoms with Gasteiger partial charge in [-0.25, -0.2) is 0 Å². The van der Waals surface area contributed by atoms with Crippen molar-refractivity contribution in [3.8, 4) is 5.75 Å². The van der Waals surface area contributed by atoms with Gasteiger partial charge in [0.1, 0.15) is 11.5 Å². The van der Waals surface area contributed by atoms with E-state index in [1.54, 1.807) is 23.1 Å². The number of Topliss-reactive ketones (excluding diaryl/α,β-unsaturated/α-hetero) is 1. The number of carbonyl (C=O) groups is 2. The minimum atomic E-state index is -0.617. The number of nitrogens with zero attached hydrogens (tertiary/aromatic N) is 1. The molecule has 1 saturated heterocycles. The summed E-state index contributed by atoms with van der Waals surface area (Å²) in [7, 11) is 0. The number of hydrogen-bond acceptors (Lipinski definition) is 4. The average molecular weight is 434 g/mol. The SMILES string of the molecule is CCc1ccc(C2/C(=C(/O)c3cccc(OC(C)C)c3)C(=O)C(=O)N2C2CCCC2)cc1. The number of hydrogen-bond donors (Lipinski definition) is 1. The molecule has 1 saturated carbocycles. The fourth-order valence-electron chi connectivity index (χ4n) is 4.82. The maximum atomic E-state index is 13.2. The molecular formula is C27H31NO4. The van der Waals surface area contributed by atoms with Crippen molar-refractivity contribution in [3.05, 3.63) is 70.8 Å². The predicted molar refractivity (Wildman–Crippen MR) is 124 cm³/mol. The molecule has 0 spiro atoms. The molecular weight excluding hydrogens is 402 g/mol. The number of rotatable bonds is 6. The Kier molecular flexibility index (Phi) is 6.35. The highest BCUT2D eigenvalue weighted by atomic mass is 16.5. The number of aliphatic hydroxyl groups is 1. The molecule has 2 aliphatic rings. The quantitative estimate of drug-likeness (QED) is 0.376. The van der Waals surface area contributed by atoms with E-state index in [-0.39, 0.29) is 23.5 Å². The maximum Gasteiger partial charge on any atom is 0.295 e. The van der Waals surface area contributed by atoms with Gasteiger partial charge in [-0.05, 0) is 56.4 Å². The lowest BCUT2D eigenvalue weighted by Crippen LogP contribution is -2.37. The maximum absolute atomic E-state index is 13.2. The van der Waals surface area contributed by atoms with Crippen LogP contribution in [0.2, 0.25) is 0 Å². The Bertz CT molecular complexity index is 1030. The zero-order chi connectivity index (χ0) is 22.8. The van der Waals surface area contributed by atoms with Gasteiger partial charge in [0.05, 0.1) is 17.7 Å². The molecule has 1 aliphatic carbocycles. The molecule has 1 amide bonds. The Morgan fingerprint density at radius 1 is 1.09 bits per heavy atom. The Balaban J connectivity index is 1.83. The van der Waals surface area contributed by atoms with E-state index >= 15 is 0 Å².